The zero-order valence-electron chi connectivity index (χ0n) is 19.3. The number of ketones is 1. The molecule has 0 fully saturated rings. The minimum absolute atomic E-state index is 0.0687. The summed E-state index contributed by atoms with van der Waals surface area (Å²) in [5.41, 5.74) is 3.20. The highest BCUT2D eigenvalue weighted by atomic mass is 16.5. The molecule has 3 aromatic rings. The fourth-order valence-electron chi connectivity index (χ4n) is 3.89. The Morgan fingerprint density at radius 3 is 2.33 bits per heavy atom. The van der Waals surface area contributed by atoms with Crippen molar-refractivity contribution >= 4 is 23.3 Å². The SMILES string of the molecule is COCC(C)n1c(C)cc(C(=O)COC(=O)c2ccccc2NC(=O)c2ccccc2)c1C. The van der Waals surface area contributed by atoms with Crippen molar-refractivity contribution in [2.45, 2.75) is 26.8 Å². The Balaban J connectivity index is 1.70. The van der Waals surface area contributed by atoms with Gasteiger partial charge in [-0.2, -0.15) is 0 Å². The van der Waals surface area contributed by atoms with E-state index in [1.54, 1.807) is 61.7 Å². The smallest absolute Gasteiger partial charge is 0.340 e. The number of benzene rings is 2. The van der Waals surface area contributed by atoms with E-state index in [-0.39, 0.29) is 23.3 Å². The monoisotopic (exact) mass is 448 g/mol. The van der Waals surface area contributed by atoms with E-state index in [9.17, 15) is 14.4 Å². The summed E-state index contributed by atoms with van der Waals surface area (Å²) in [4.78, 5) is 38.0. The molecule has 1 aromatic heterocycles. The molecular weight excluding hydrogens is 420 g/mol. The number of aryl methyl sites for hydroxylation is 1. The molecule has 0 saturated heterocycles. The molecule has 1 N–H and O–H groups in total. The number of anilines is 1. The van der Waals surface area contributed by atoms with Crippen molar-refractivity contribution < 1.29 is 23.9 Å². The third-order valence-corrected chi connectivity index (χ3v) is 5.40. The van der Waals surface area contributed by atoms with Crippen LogP contribution >= 0.6 is 0 Å². The number of carbonyl (C=O) groups excluding carboxylic acids is 3. The number of ether oxygens (including phenoxy) is 2. The molecule has 7 nitrogen and oxygen atoms in total. The van der Waals surface area contributed by atoms with Gasteiger partial charge in [0.2, 0.25) is 5.78 Å². The maximum absolute atomic E-state index is 12.8. The lowest BCUT2D eigenvalue weighted by atomic mass is 10.1. The van der Waals surface area contributed by atoms with Crippen molar-refractivity contribution in [3.05, 3.63) is 88.7 Å². The molecule has 0 aliphatic carbocycles. The van der Waals surface area contributed by atoms with Gasteiger partial charge < -0.3 is 19.4 Å². The number of amides is 1. The summed E-state index contributed by atoms with van der Waals surface area (Å²) in [7, 11) is 1.64. The Kier molecular flexibility index (Phi) is 7.79. The maximum atomic E-state index is 12.8. The Morgan fingerprint density at radius 2 is 1.64 bits per heavy atom. The van der Waals surface area contributed by atoms with Gasteiger partial charge in [-0.3, -0.25) is 9.59 Å². The fraction of sp³-hybridized carbons (Fsp3) is 0.269. The number of rotatable bonds is 9. The Bertz CT molecular complexity index is 1150. The van der Waals surface area contributed by atoms with E-state index >= 15 is 0 Å². The highest BCUT2D eigenvalue weighted by Crippen LogP contribution is 2.22. The predicted octanol–water partition coefficient (Wildman–Crippen LogP) is 4.60. The van der Waals surface area contributed by atoms with Gasteiger partial charge >= 0.3 is 5.97 Å². The van der Waals surface area contributed by atoms with Gasteiger partial charge in [-0.15, -0.1) is 0 Å². The molecule has 172 valence electrons. The number of nitrogens with one attached hydrogen (secondary N) is 1. The molecule has 0 aliphatic rings. The van der Waals surface area contributed by atoms with Gasteiger partial charge in [-0.1, -0.05) is 30.3 Å². The summed E-state index contributed by atoms with van der Waals surface area (Å²) >= 11 is 0. The Hall–Kier alpha value is -3.71. The van der Waals surface area contributed by atoms with Crippen molar-refractivity contribution in [1.82, 2.24) is 4.57 Å². The van der Waals surface area contributed by atoms with Crippen LogP contribution in [0.4, 0.5) is 5.69 Å². The van der Waals surface area contributed by atoms with Gasteiger partial charge in [0.25, 0.3) is 5.91 Å². The fourth-order valence-corrected chi connectivity index (χ4v) is 3.89. The second-order valence-electron chi connectivity index (χ2n) is 7.82. The quantitative estimate of drug-likeness (QED) is 0.382. The summed E-state index contributed by atoms with van der Waals surface area (Å²) < 4.78 is 12.6. The lowest BCUT2D eigenvalue weighted by Gasteiger charge is -2.17. The highest BCUT2D eigenvalue weighted by molar-refractivity contribution is 6.08. The molecule has 7 heteroatoms. The van der Waals surface area contributed by atoms with Crippen LogP contribution in [0.3, 0.4) is 0 Å². The number of aromatic nitrogens is 1. The number of para-hydroxylation sites is 1. The van der Waals surface area contributed by atoms with Crippen LogP contribution in [0.1, 0.15) is 55.4 Å². The maximum Gasteiger partial charge on any atom is 0.340 e. The van der Waals surface area contributed by atoms with Crippen LogP contribution in [-0.4, -0.2) is 42.6 Å². The average molecular weight is 449 g/mol. The zero-order chi connectivity index (χ0) is 24.0. The summed E-state index contributed by atoms with van der Waals surface area (Å²) in [6, 6.07) is 17.1. The van der Waals surface area contributed by atoms with E-state index in [2.05, 4.69) is 5.32 Å². The van der Waals surface area contributed by atoms with Gasteiger partial charge in [0, 0.05) is 29.6 Å². The standard InChI is InChI=1S/C26H28N2O5/c1-17-14-22(19(3)28(17)18(2)15-32-4)24(29)16-33-26(31)21-12-8-9-13-23(21)27-25(30)20-10-6-5-7-11-20/h5-14,18H,15-16H2,1-4H3,(H,27,30). The summed E-state index contributed by atoms with van der Waals surface area (Å²) in [6.07, 6.45) is 0. The molecule has 0 radical (unpaired) electrons. The molecule has 1 unspecified atom stereocenters. The van der Waals surface area contributed by atoms with Crippen LogP contribution in [0.5, 0.6) is 0 Å². The third-order valence-electron chi connectivity index (χ3n) is 5.40. The average Bonchev–Trinajstić information content (AvgIpc) is 3.12. The second-order valence-corrected chi connectivity index (χ2v) is 7.82. The van der Waals surface area contributed by atoms with Gasteiger partial charge in [0.1, 0.15) is 0 Å². The lowest BCUT2D eigenvalue weighted by molar-refractivity contribution is 0.0475. The highest BCUT2D eigenvalue weighted by Gasteiger charge is 2.21. The van der Waals surface area contributed by atoms with Gasteiger partial charge in [-0.25, -0.2) is 4.79 Å². The zero-order valence-corrected chi connectivity index (χ0v) is 19.3. The van der Waals surface area contributed by atoms with Crippen LogP contribution in [0.15, 0.2) is 60.7 Å². The molecule has 1 amide bonds. The van der Waals surface area contributed by atoms with E-state index in [1.165, 1.54) is 0 Å². The van der Waals surface area contributed by atoms with E-state index < -0.39 is 12.6 Å². The molecule has 33 heavy (non-hydrogen) atoms. The molecule has 0 aliphatic heterocycles. The van der Waals surface area contributed by atoms with Crippen molar-refractivity contribution in [3.8, 4) is 0 Å². The van der Waals surface area contributed by atoms with E-state index in [0.29, 0.717) is 23.4 Å². The summed E-state index contributed by atoms with van der Waals surface area (Å²) in [5.74, 6) is -1.32. The minimum Gasteiger partial charge on any atom is -0.454 e. The molecule has 2 aromatic carbocycles. The number of carbonyl (C=O) groups is 3. The van der Waals surface area contributed by atoms with Crippen molar-refractivity contribution in [2.24, 2.45) is 0 Å². The first-order valence-corrected chi connectivity index (χ1v) is 10.7. The number of hydrogen-bond donors (Lipinski definition) is 1. The van der Waals surface area contributed by atoms with Gasteiger partial charge in [-0.05, 0) is 51.1 Å². The largest absolute Gasteiger partial charge is 0.454 e. The molecule has 1 heterocycles. The molecule has 0 saturated carbocycles. The first-order chi connectivity index (χ1) is 15.8. The van der Waals surface area contributed by atoms with Crippen LogP contribution in [-0.2, 0) is 9.47 Å². The molecule has 0 spiro atoms. The Morgan fingerprint density at radius 1 is 0.970 bits per heavy atom. The normalized spacial score (nSPS) is 11.6. The summed E-state index contributed by atoms with van der Waals surface area (Å²) in [5, 5.41) is 2.73. The Labute approximate surface area is 193 Å². The van der Waals surface area contributed by atoms with Gasteiger partial charge in [0.15, 0.2) is 6.61 Å². The number of esters is 1. The minimum atomic E-state index is -0.686. The first kappa shape index (κ1) is 23.9. The number of methoxy groups -OCH3 is 1. The lowest BCUT2D eigenvalue weighted by Crippen LogP contribution is -2.19. The van der Waals surface area contributed by atoms with E-state index in [1.807, 2.05) is 31.4 Å². The number of hydrogen-bond acceptors (Lipinski definition) is 5. The topological polar surface area (TPSA) is 86.6 Å². The van der Waals surface area contributed by atoms with E-state index in [4.69, 9.17) is 9.47 Å². The number of nitrogens with zero attached hydrogens (tertiary/aromatic N) is 1. The molecule has 3 rings (SSSR count). The summed E-state index contributed by atoms with van der Waals surface area (Å²) in [6.45, 7) is 5.92. The molecule has 1 atom stereocenters. The van der Waals surface area contributed by atoms with Crippen molar-refractivity contribution in [1.29, 1.82) is 0 Å². The van der Waals surface area contributed by atoms with Crippen LogP contribution in [0, 0.1) is 13.8 Å². The molecule has 0 bridgehead atoms. The van der Waals surface area contributed by atoms with Crippen molar-refractivity contribution in [3.63, 3.8) is 0 Å². The van der Waals surface area contributed by atoms with Crippen LogP contribution in [0.25, 0.3) is 0 Å². The van der Waals surface area contributed by atoms with Crippen molar-refractivity contribution in [2.75, 3.05) is 25.6 Å². The molecular formula is C26H28N2O5. The number of Topliss-reactive ketones (excluding diaryl/α,β-unsaturated/α-hetero) is 1. The second kappa shape index (κ2) is 10.7. The van der Waals surface area contributed by atoms with Gasteiger partial charge in [0.05, 0.1) is 23.9 Å². The van der Waals surface area contributed by atoms with E-state index in [0.717, 1.165) is 11.4 Å². The van der Waals surface area contributed by atoms with Crippen LogP contribution in [0.2, 0.25) is 0 Å². The first-order valence-electron chi connectivity index (χ1n) is 10.7. The van der Waals surface area contributed by atoms with Crippen LogP contribution < -0.4 is 5.32 Å². The third kappa shape index (κ3) is 5.56. The predicted molar refractivity (Wildman–Crippen MR) is 126 cm³/mol.